The number of carbonyl (C=O) groups excluding carboxylic acids is 1. The van der Waals surface area contributed by atoms with E-state index < -0.39 is 17.5 Å². The zero-order valence-electron chi connectivity index (χ0n) is 12.7. The van der Waals surface area contributed by atoms with Crippen molar-refractivity contribution in [2.75, 3.05) is 45.9 Å². The quantitative estimate of drug-likeness (QED) is 0.789. The van der Waals surface area contributed by atoms with E-state index >= 15 is 0 Å². The van der Waals surface area contributed by atoms with Crippen LogP contribution in [-0.4, -0.2) is 61.6 Å². The van der Waals surface area contributed by atoms with E-state index in [9.17, 15) is 13.6 Å². The van der Waals surface area contributed by atoms with Gasteiger partial charge in [0.2, 0.25) is 0 Å². The van der Waals surface area contributed by atoms with Crippen molar-refractivity contribution < 1.29 is 18.3 Å². The highest BCUT2D eigenvalue weighted by Crippen LogP contribution is 2.21. The molecule has 23 heavy (non-hydrogen) atoms. The molecular formula is C16H19ClF2N2O2. The van der Waals surface area contributed by atoms with E-state index in [0.29, 0.717) is 19.0 Å². The lowest BCUT2D eigenvalue weighted by molar-refractivity contribution is 0.0606. The van der Waals surface area contributed by atoms with Crippen LogP contribution in [0.3, 0.4) is 0 Å². The van der Waals surface area contributed by atoms with Crippen molar-refractivity contribution in [3.63, 3.8) is 0 Å². The van der Waals surface area contributed by atoms with Gasteiger partial charge in [-0.05, 0) is 24.5 Å². The Morgan fingerprint density at radius 3 is 2.61 bits per heavy atom. The van der Waals surface area contributed by atoms with Crippen molar-refractivity contribution in [2.45, 2.75) is 6.42 Å². The summed E-state index contributed by atoms with van der Waals surface area (Å²) in [6.45, 7) is 5.08. The van der Waals surface area contributed by atoms with Gasteiger partial charge in [0.15, 0.2) is 0 Å². The fourth-order valence-electron chi connectivity index (χ4n) is 3.08. The van der Waals surface area contributed by atoms with Crippen LogP contribution in [0, 0.1) is 17.6 Å². The van der Waals surface area contributed by atoms with Crippen molar-refractivity contribution >= 4 is 17.5 Å². The van der Waals surface area contributed by atoms with E-state index in [0.717, 1.165) is 51.4 Å². The first-order valence-electron chi connectivity index (χ1n) is 7.78. The predicted molar refractivity (Wildman–Crippen MR) is 82.6 cm³/mol. The first-order valence-corrected chi connectivity index (χ1v) is 8.16. The molecule has 0 spiro atoms. The van der Waals surface area contributed by atoms with Gasteiger partial charge in [-0.25, -0.2) is 8.78 Å². The largest absolute Gasteiger partial charge is 0.381 e. The highest BCUT2D eigenvalue weighted by atomic mass is 35.5. The highest BCUT2D eigenvalue weighted by Gasteiger charge is 2.27. The van der Waals surface area contributed by atoms with E-state index in [1.807, 2.05) is 0 Å². The van der Waals surface area contributed by atoms with Crippen LogP contribution in [0.25, 0.3) is 0 Å². The van der Waals surface area contributed by atoms with Crippen molar-refractivity contribution in [1.29, 1.82) is 0 Å². The van der Waals surface area contributed by atoms with E-state index in [1.165, 1.54) is 0 Å². The van der Waals surface area contributed by atoms with Crippen LogP contribution in [0.2, 0.25) is 5.02 Å². The van der Waals surface area contributed by atoms with Gasteiger partial charge in [-0.2, -0.15) is 0 Å². The monoisotopic (exact) mass is 344 g/mol. The third-order valence-electron chi connectivity index (χ3n) is 4.44. The Morgan fingerprint density at radius 2 is 1.96 bits per heavy atom. The Morgan fingerprint density at radius 1 is 1.22 bits per heavy atom. The Hall–Kier alpha value is -1.24. The molecule has 0 bridgehead atoms. The van der Waals surface area contributed by atoms with Crippen LogP contribution in [0.4, 0.5) is 8.78 Å². The summed E-state index contributed by atoms with van der Waals surface area (Å²) in [5.41, 5.74) is -0.260. The van der Waals surface area contributed by atoms with Crippen LogP contribution in [-0.2, 0) is 4.74 Å². The van der Waals surface area contributed by atoms with Gasteiger partial charge < -0.3 is 9.64 Å². The minimum Gasteiger partial charge on any atom is -0.381 e. The molecule has 1 aromatic rings. The summed E-state index contributed by atoms with van der Waals surface area (Å²) in [6, 6.07) is 1.72. The summed E-state index contributed by atoms with van der Waals surface area (Å²) in [6.07, 6.45) is 1.08. The standard InChI is InChI=1S/C16H19ClF2N2O2/c17-13-8-14(18)12(7-15(13)19)16(22)21-4-2-20(3-5-21)9-11-1-6-23-10-11/h7-8,11H,1-6,9-10H2. The van der Waals surface area contributed by atoms with E-state index in [4.69, 9.17) is 16.3 Å². The molecule has 2 aliphatic heterocycles. The molecule has 2 heterocycles. The van der Waals surface area contributed by atoms with Crippen LogP contribution in [0.15, 0.2) is 12.1 Å². The van der Waals surface area contributed by atoms with Gasteiger partial charge in [0.1, 0.15) is 11.6 Å². The summed E-state index contributed by atoms with van der Waals surface area (Å²) in [7, 11) is 0. The number of hydrogen-bond acceptors (Lipinski definition) is 3. The number of ether oxygens (including phenoxy) is 1. The number of halogens is 3. The van der Waals surface area contributed by atoms with Gasteiger partial charge in [0, 0.05) is 39.3 Å². The lowest BCUT2D eigenvalue weighted by Gasteiger charge is -2.35. The molecule has 4 nitrogen and oxygen atoms in total. The molecule has 0 saturated carbocycles. The zero-order chi connectivity index (χ0) is 16.4. The predicted octanol–water partition coefficient (Wildman–Crippen LogP) is 2.41. The molecule has 0 radical (unpaired) electrons. The summed E-state index contributed by atoms with van der Waals surface area (Å²) >= 11 is 5.52. The van der Waals surface area contributed by atoms with Crippen molar-refractivity contribution in [2.24, 2.45) is 5.92 Å². The summed E-state index contributed by atoms with van der Waals surface area (Å²) < 4.78 is 32.7. The first kappa shape index (κ1) is 16.6. The second-order valence-corrected chi connectivity index (χ2v) is 6.48. The molecule has 0 aliphatic carbocycles. The molecule has 7 heteroatoms. The molecular weight excluding hydrogens is 326 g/mol. The zero-order valence-corrected chi connectivity index (χ0v) is 13.5. The number of amides is 1. The van der Waals surface area contributed by atoms with Gasteiger partial charge in [0.05, 0.1) is 17.2 Å². The molecule has 1 atom stereocenters. The normalized spacial score (nSPS) is 22.6. The minimum absolute atomic E-state index is 0.260. The number of carbonyl (C=O) groups is 1. The SMILES string of the molecule is O=C(c1cc(F)c(Cl)cc1F)N1CCN(CC2CCOC2)CC1. The third-order valence-corrected chi connectivity index (χ3v) is 4.73. The maximum Gasteiger partial charge on any atom is 0.257 e. The van der Waals surface area contributed by atoms with Crippen LogP contribution < -0.4 is 0 Å². The Kier molecular flexibility index (Phi) is 5.14. The summed E-state index contributed by atoms with van der Waals surface area (Å²) in [4.78, 5) is 16.2. The van der Waals surface area contributed by atoms with E-state index in [-0.39, 0.29) is 10.6 Å². The fourth-order valence-corrected chi connectivity index (χ4v) is 3.23. The first-order chi connectivity index (χ1) is 11.0. The second kappa shape index (κ2) is 7.11. The number of benzene rings is 1. The molecule has 3 rings (SSSR count). The molecule has 1 unspecified atom stereocenters. The Bertz CT molecular complexity index is 586. The van der Waals surface area contributed by atoms with Crippen molar-refractivity contribution in [3.05, 3.63) is 34.4 Å². The number of piperazine rings is 1. The molecule has 2 saturated heterocycles. The molecule has 2 fully saturated rings. The number of rotatable bonds is 3. The van der Waals surface area contributed by atoms with Gasteiger partial charge in [-0.3, -0.25) is 9.69 Å². The number of nitrogens with zero attached hydrogens (tertiary/aromatic N) is 2. The Labute approximate surface area is 138 Å². The molecule has 1 aromatic carbocycles. The fraction of sp³-hybridized carbons (Fsp3) is 0.562. The molecule has 1 amide bonds. The van der Waals surface area contributed by atoms with Crippen LogP contribution in [0.5, 0.6) is 0 Å². The average molecular weight is 345 g/mol. The van der Waals surface area contributed by atoms with Gasteiger partial charge in [-0.1, -0.05) is 11.6 Å². The topological polar surface area (TPSA) is 32.8 Å². The average Bonchev–Trinajstić information content (AvgIpc) is 3.04. The van der Waals surface area contributed by atoms with Gasteiger partial charge in [-0.15, -0.1) is 0 Å². The third kappa shape index (κ3) is 3.82. The molecule has 0 N–H and O–H groups in total. The highest BCUT2D eigenvalue weighted by molar-refractivity contribution is 6.30. The summed E-state index contributed by atoms with van der Waals surface area (Å²) in [5, 5.41) is -0.317. The number of hydrogen-bond donors (Lipinski definition) is 0. The maximum atomic E-state index is 13.9. The Balaban J connectivity index is 1.58. The van der Waals surface area contributed by atoms with Crippen LogP contribution >= 0.6 is 11.6 Å². The molecule has 0 aromatic heterocycles. The van der Waals surface area contributed by atoms with Crippen molar-refractivity contribution in [3.8, 4) is 0 Å². The molecule has 126 valence electrons. The minimum atomic E-state index is -0.785. The lowest BCUT2D eigenvalue weighted by atomic mass is 10.1. The summed E-state index contributed by atoms with van der Waals surface area (Å²) in [5.74, 6) is -1.50. The smallest absolute Gasteiger partial charge is 0.257 e. The maximum absolute atomic E-state index is 13.9. The lowest BCUT2D eigenvalue weighted by Crippen LogP contribution is -2.50. The van der Waals surface area contributed by atoms with Crippen LogP contribution in [0.1, 0.15) is 16.8 Å². The van der Waals surface area contributed by atoms with E-state index in [1.54, 1.807) is 4.90 Å². The van der Waals surface area contributed by atoms with Gasteiger partial charge >= 0.3 is 0 Å². The second-order valence-electron chi connectivity index (χ2n) is 6.07. The van der Waals surface area contributed by atoms with Gasteiger partial charge in [0.25, 0.3) is 5.91 Å². The van der Waals surface area contributed by atoms with Crippen molar-refractivity contribution in [1.82, 2.24) is 9.80 Å². The molecule has 2 aliphatic rings. The van der Waals surface area contributed by atoms with E-state index in [2.05, 4.69) is 4.90 Å².